The van der Waals surface area contributed by atoms with Crippen LogP contribution in [0.2, 0.25) is 0 Å². The van der Waals surface area contributed by atoms with Gasteiger partial charge in [-0.2, -0.15) is 13.2 Å². The van der Waals surface area contributed by atoms with Gasteiger partial charge in [0.05, 0.1) is 11.1 Å². The van der Waals surface area contributed by atoms with Gasteiger partial charge in [0.15, 0.2) is 0 Å². The number of halogens is 4. The summed E-state index contributed by atoms with van der Waals surface area (Å²) in [5.41, 5.74) is -1.73. The van der Waals surface area contributed by atoms with Gasteiger partial charge in [-0.05, 0) is 18.2 Å². The fraction of sp³-hybridized carbons (Fsp3) is 0.250. The van der Waals surface area contributed by atoms with Gasteiger partial charge in [0.25, 0.3) is 0 Å². The van der Waals surface area contributed by atoms with Crippen LogP contribution in [0.25, 0.3) is 0 Å². The Morgan fingerprint density at radius 3 is 2.56 bits per heavy atom. The summed E-state index contributed by atoms with van der Waals surface area (Å²) in [6.45, 7) is 0. The van der Waals surface area contributed by atoms with E-state index in [2.05, 4.69) is 11.8 Å². The average molecular weight is 277 g/mol. The molecule has 0 aliphatic carbocycles. The van der Waals surface area contributed by atoms with Crippen molar-refractivity contribution in [1.82, 2.24) is 0 Å². The summed E-state index contributed by atoms with van der Waals surface area (Å²) < 4.78 is 38.1. The van der Waals surface area contributed by atoms with Gasteiger partial charge in [-0.3, -0.25) is 0 Å². The third-order valence-electron chi connectivity index (χ3n) is 2.01. The van der Waals surface area contributed by atoms with Crippen LogP contribution in [-0.4, -0.2) is 17.0 Å². The SMILES string of the molecule is O=C(O)c1ccc(C#CCCCl)c(C(F)(F)F)c1. The zero-order valence-electron chi connectivity index (χ0n) is 9.01. The van der Waals surface area contributed by atoms with Gasteiger partial charge < -0.3 is 5.11 Å². The molecule has 0 spiro atoms. The molecule has 0 saturated carbocycles. The molecule has 6 heteroatoms. The normalized spacial score (nSPS) is 10.7. The zero-order valence-corrected chi connectivity index (χ0v) is 9.77. The van der Waals surface area contributed by atoms with Gasteiger partial charge >= 0.3 is 12.1 Å². The van der Waals surface area contributed by atoms with E-state index >= 15 is 0 Å². The quantitative estimate of drug-likeness (QED) is 0.664. The molecule has 1 aromatic rings. The van der Waals surface area contributed by atoms with Crippen LogP contribution < -0.4 is 0 Å². The lowest BCUT2D eigenvalue weighted by molar-refractivity contribution is -0.137. The van der Waals surface area contributed by atoms with E-state index in [1.165, 1.54) is 0 Å². The maximum Gasteiger partial charge on any atom is 0.417 e. The highest BCUT2D eigenvalue weighted by Gasteiger charge is 2.33. The zero-order chi connectivity index (χ0) is 13.8. The lowest BCUT2D eigenvalue weighted by Gasteiger charge is -2.09. The van der Waals surface area contributed by atoms with Crippen LogP contribution in [0.3, 0.4) is 0 Å². The highest BCUT2D eigenvalue weighted by molar-refractivity contribution is 6.18. The monoisotopic (exact) mass is 276 g/mol. The van der Waals surface area contributed by atoms with E-state index in [0.717, 1.165) is 12.1 Å². The second-order valence-corrected chi connectivity index (χ2v) is 3.68. The van der Waals surface area contributed by atoms with Crippen molar-refractivity contribution in [3.05, 3.63) is 34.9 Å². The Morgan fingerprint density at radius 2 is 2.06 bits per heavy atom. The van der Waals surface area contributed by atoms with Crippen LogP contribution in [0, 0.1) is 11.8 Å². The first-order valence-electron chi connectivity index (χ1n) is 4.85. The summed E-state index contributed by atoms with van der Waals surface area (Å²) in [5, 5.41) is 8.66. The maximum absolute atomic E-state index is 12.7. The first kappa shape index (κ1) is 14.4. The third kappa shape index (κ3) is 3.67. The largest absolute Gasteiger partial charge is 0.478 e. The molecule has 0 aliphatic heterocycles. The van der Waals surface area contributed by atoms with E-state index in [1.54, 1.807) is 0 Å². The van der Waals surface area contributed by atoms with Gasteiger partial charge in [-0.25, -0.2) is 4.79 Å². The molecule has 1 aromatic carbocycles. The minimum atomic E-state index is -4.64. The van der Waals surface area contributed by atoms with Gasteiger partial charge in [0.1, 0.15) is 0 Å². The number of carboxylic acids is 1. The fourth-order valence-corrected chi connectivity index (χ4v) is 1.32. The molecule has 1 rings (SSSR count). The molecule has 96 valence electrons. The second kappa shape index (κ2) is 5.78. The molecule has 0 fully saturated rings. The predicted molar refractivity (Wildman–Crippen MR) is 60.6 cm³/mol. The van der Waals surface area contributed by atoms with E-state index in [-0.39, 0.29) is 17.9 Å². The smallest absolute Gasteiger partial charge is 0.417 e. The molecule has 0 bridgehead atoms. The molecule has 0 aromatic heterocycles. The first-order valence-corrected chi connectivity index (χ1v) is 5.39. The summed E-state index contributed by atoms with van der Waals surface area (Å²) in [6.07, 6.45) is -4.38. The molecule has 1 N–H and O–H groups in total. The number of carbonyl (C=O) groups is 1. The number of rotatable bonds is 2. The molecule has 0 heterocycles. The van der Waals surface area contributed by atoms with Crippen LogP contribution in [0.1, 0.15) is 27.9 Å². The minimum Gasteiger partial charge on any atom is -0.478 e. The number of benzene rings is 1. The summed E-state index contributed by atoms with van der Waals surface area (Å²) in [4.78, 5) is 10.6. The molecule has 0 amide bonds. The fourth-order valence-electron chi connectivity index (χ4n) is 1.23. The Bertz CT molecular complexity index is 512. The number of hydrogen-bond donors (Lipinski definition) is 1. The first-order chi connectivity index (χ1) is 8.36. The minimum absolute atomic E-state index is 0.224. The molecule has 2 nitrogen and oxygen atoms in total. The summed E-state index contributed by atoms with van der Waals surface area (Å²) >= 11 is 5.36. The van der Waals surface area contributed by atoms with Crippen molar-refractivity contribution in [2.45, 2.75) is 12.6 Å². The Morgan fingerprint density at radius 1 is 1.39 bits per heavy atom. The second-order valence-electron chi connectivity index (χ2n) is 3.30. The molecule has 0 radical (unpaired) electrons. The van der Waals surface area contributed by atoms with E-state index in [1.807, 2.05) is 0 Å². The Kier molecular flexibility index (Phi) is 4.62. The summed E-state index contributed by atoms with van der Waals surface area (Å²) in [7, 11) is 0. The Balaban J connectivity index is 3.27. The van der Waals surface area contributed by atoms with Crippen molar-refractivity contribution in [3.8, 4) is 11.8 Å². The maximum atomic E-state index is 12.7. The van der Waals surface area contributed by atoms with Crippen LogP contribution in [-0.2, 0) is 6.18 Å². The summed E-state index contributed by atoms with van der Waals surface area (Å²) in [6, 6.07) is 2.71. The van der Waals surface area contributed by atoms with Crippen molar-refractivity contribution in [3.63, 3.8) is 0 Å². The predicted octanol–water partition coefficient (Wildman–Crippen LogP) is 3.38. The van der Waals surface area contributed by atoms with Gasteiger partial charge in [0, 0.05) is 17.9 Å². The molecular weight excluding hydrogens is 269 g/mol. The molecule has 0 saturated heterocycles. The molecule has 18 heavy (non-hydrogen) atoms. The van der Waals surface area contributed by atoms with Crippen molar-refractivity contribution in [2.75, 3.05) is 5.88 Å². The average Bonchev–Trinajstić information content (AvgIpc) is 2.28. The van der Waals surface area contributed by atoms with Crippen LogP contribution >= 0.6 is 11.6 Å². The van der Waals surface area contributed by atoms with Gasteiger partial charge in [-0.1, -0.05) is 11.8 Å². The lowest BCUT2D eigenvalue weighted by atomic mass is 10.0. The van der Waals surface area contributed by atoms with Crippen molar-refractivity contribution in [2.24, 2.45) is 0 Å². The Hall–Kier alpha value is -1.67. The van der Waals surface area contributed by atoms with Gasteiger partial charge in [-0.15, -0.1) is 11.6 Å². The standard InChI is InChI=1S/C12H8ClF3O2/c13-6-2-1-3-8-4-5-9(11(17)18)7-10(8)12(14,15)16/h4-5,7H,2,6H2,(H,17,18). The topological polar surface area (TPSA) is 37.3 Å². The highest BCUT2D eigenvalue weighted by atomic mass is 35.5. The van der Waals surface area contributed by atoms with Crippen LogP contribution in [0.15, 0.2) is 18.2 Å². The van der Waals surface area contributed by atoms with Crippen molar-refractivity contribution >= 4 is 17.6 Å². The van der Waals surface area contributed by atoms with Crippen molar-refractivity contribution < 1.29 is 23.1 Å². The summed E-state index contributed by atoms with van der Waals surface area (Å²) in [5.74, 6) is 3.63. The van der Waals surface area contributed by atoms with Crippen LogP contribution in [0.5, 0.6) is 0 Å². The van der Waals surface area contributed by atoms with E-state index in [4.69, 9.17) is 16.7 Å². The van der Waals surface area contributed by atoms with E-state index in [9.17, 15) is 18.0 Å². The lowest BCUT2D eigenvalue weighted by Crippen LogP contribution is -2.10. The third-order valence-corrected chi connectivity index (χ3v) is 2.20. The number of aromatic carboxylic acids is 1. The number of alkyl halides is 4. The van der Waals surface area contributed by atoms with Crippen LogP contribution in [0.4, 0.5) is 13.2 Å². The van der Waals surface area contributed by atoms with Gasteiger partial charge in [0.2, 0.25) is 0 Å². The number of hydrogen-bond acceptors (Lipinski definition) is 1. The Labute approximate surface area is 106 Å². The molecule has 0 unspecified atom stereocenters. The molecular formula is C12H8ClF3O2. The van der Waals surface area contributed by atoms with E-state index in [0.29, 0.717) is 6.07 Å². The van der Waals surface area contributed by atoms with Crippen molar-refractivity contribution in [1.29, 1.82) is 0 Å². The molecule has 0 atom stereocenters. The van der Waals surface area contributed by atoms with E-state index < -0.39 is 23.3 Å². The number of carboxylic acid groups (broad SMARTS) is 1. The molecule has 0 aliphatic rings. The highest BCUT2D eigenvalue weighted by Crippen LogP contribution is 2.32.